The average molecular weight is 358 g/mol. The molecule has 0 atom stereocenters. The highest BCUT2D eigenvalue weighted by Gasteiger charge is 2.11. The van der Waals surface area contributed by atoms with Crippen molar-refractivity contribution in [3.8, 4) is 5.69 Å². The zero-order valence-electron chi connectivity index (χ0n) is 13.9. The number of hydrogen-bond acceptors (Lipinski definition) is 4. The lowest BCUT2D eigenvalue weighted by Gasteiger charge is -2.04. The molecule has 0 bridgehead atoms. The molecule has 0 unspecified atom stereocenters. The van der Waals surface area contributed by atoms with E-state index < -0.39 is 0 Å². The molecule has 130 valence electrons. The van der Waals surface area contributed by atoms with E-state index in [0.717, 1.165) is 30.0 Å². The molecule has 0 saturated carbocycles. The lowest BCUT2D eigenvalue weighted by atomic mass is 10.2. The number of para-hydroxylation sites is 1. The van der Waals surface area contributed by atoms with Gasteiger partial charge in [0, 0.05) is 23.8 Å². The number of amides is 1. The standard InChI is InChI=1S/C18H19FN4OS/c1-13-12-25-17(21-13)8-4-5-10-20-18(24)15-9-11-23(22-15)16-7-3-2-6-14(16)19/h2-3,6-7,9,11-12H,4-5,8,10H2,1H3,(H,20,24). The number of benzene rings is 1. The Hall–Kier alpha value is -2.54. The van der Waals surface area contributed by atoms with Crippen LogP contribution in [0.1, 0.15) is 34.0 Å². The van der Waals surface area contributed by atoms with Gasteiger partial charge in [0.1, 0.15) is 11.5 Å². The van der Waals surface area contributed by atoms with Crippen molar-refractivity contribution >= 4 is 17.2 Å². The molecule has 2 heterocycles. The number of aryl methyl sites for hydroxylation is 2. The lowest BCUT2D eigenvalue weighted by Crippen LogP contribution is -2.25. The van der Waals surface area contributed by atoms with Gasteiger partial charge in [0.2, 0.25) is 0 Å². The summed E-state index contributed by atoms with van der Waals surface area (Å²) in [5, 5.41) is 10.2. The van der Waals surface area contributed by atoms with Gasteiger partial charge in [-0.05, 0) is 44.4 Å². The van der Waals surface area contributed by atoms with Crippen molar-refractivity contribution < 1.29 is 9.18 Å². The van der Waals surface area contributed by atoms with E-state index in [-0.39, 0.29) is 17.4 Å². The number of nitrogens with one attached hydrogen (secondary N) is 1. The SMILES string of the molecule is Cc1csc(CCCCNC(=O)c2ccn(-c3ccccc3F)n2)n1. The smallest absolute Gasteiger partial charge is 0.271 e. The van der Waals surface area contributed by atoms with E-state index >= 15 is 0 Å². The molecule has 0 radical (unpaired) electrons. The van der Waals surface area contributed by atoms with Crippen molar-refractivity contribution in [3.05, 3.63) is 64.1 Å². The number of carbonyl (C=O) groups is 1. The Morgan fingerprint density at radius 2 is 2.12 bits per heavy atom. The Morgan fingerprint density at radius 3 is 2.88 bits per heavy atom. The number of thiazole rings is 1. The van der Waals surface area contributed by atoms with Gasteiger partial charge in [-0.15, -0.1) is 11.3 Å². The van der Waals surface area contributed by atoms with Gasteiger partial charge in [0.25, 0.3) is 5.91 Å². The van der Waals surface area contributed by atoms with Crippen molar-refractivity contribution in [2.45, 2.75) is 26.2 Å². The first-order valence-corrected chi connectivity index (χ1v) is 9.01. The van der Waals surface area contributed by atoms with Gasteiger partial charge in [-0.25, -0.2) is 14.1 Å². The number of aromatic nitrogens is 3. The Kier molecular flexibility index (Phi) is 5.55. The largest absolute Gasteiger partial charge is 0.351 e. The minimum Gasteiger partial charge on any atom is -0.351 e. The number of nitrogens with zero attached hydrogens (tertiary/aromatic N) is 3. The Labute approximate surface area is 149 Å². The van der Waals surface area contributed by atoms with Crippen LogP contribution in [0.25, 0.3) is 5.69 Å². The van der Waals surface area contributed by atoms with Gasteiger partial charge in [-0.3, -0.25) is 4.79 Å². The molecule has 0 aliphatic carbocycles. The molecule has 2 aromatic heterocycles. The highest BCUT2D eigenvalue weighted by atomic mass is 32.1. The highest BCUT2D eigenvalue weighted by molar-refractivity contribution is 7.09. The maximum absolute atomic E-state index is 13.7. The lowest BCUT2D eigenvalue weighted by molar-refractivity contribution is 0.0947. The molecule has 1 amide bonds. The van der Waals surface area contributed by atoms with E-state index in [1.54, 1.807) is 41.8 Å². The topological polar surface area (TPSA) is 59.8 Å². The third-order valence-electron chi connectivity index (χ3n) is 3.69. The van der Waals surface area contributed by atoms with Crippen LogP contribution >= 0.6 is 11.3 Å². The summed E-state index contributed by atoms with van der Waals surface area (Å²) in [4.78, 5) is 16.5. The molecule has 0 aliphatic heterocycles. The first kappa shape index (κ1) is 17.3. The van der Waals surface area contributed by atoms with E-state index in [1.165, 1.54) is 10.7 Å². The number of halogens is 1. The second-order valence-corrected chi connectivity index (χ2v) is 6.64. The van der Waals surface area contributed by atoms with E-state index in [9.17, 15) is 9.18 Å². The normalized spacial score (nSPS) is 10.8. The van der Waals surface area contributed by atoms with Crippen LogP contribution in [0.4, 0.5) is 4.39 Å². The van der Waals surface area contributed by atoms with Gasteiger partial charge >= 0.3 is 0 Å². The summed E-state index contributed by atoms with van der Waals surface area (Å²) >= 11 is 1.67. The van der Waals surface area contributed by atoms with Crippen LogP contribution in [0.5, 0.6) is 0 Å². The third-order valence-corrected chi connectivity index (χ3v) is 4.72. The Bertz CT molecular complexity index is 858. The fraction of sp³-hybridized carbons (Fsp3) is 0.278. The van der Waals surface area contributed by atoms with Crippen LogP contribution in [0.3, 0.4) is 0 Å². The minimum atomic E-state index is -0.380. The summed E-state index contributed by atoms with van der Waals surface area (Å²) in [7, 11) is 0. The first-order chi connectivity index (χ1) is 12.1. The summed E-state index contributed by atoms with van der Waals surface area (Å²) in [6, 6.07) is 7.90. The van der Waals surface area contributed by atoms with Crippen molar-refractivity contribution in [3.63, 3.8) is 0 Å². The number of carbonyl (C=O) groups excluding carboxylic acids is 1. The molecule has 5 nitrogen and oxygen atoms in total. The zero-order valence-corrected chi connectivity index (χ0v) is 14.7. The van der Waals surface area contributed by atoms with E-state index in [0.29, 0.717) is 12.2 Å². The second-order valence-electron chi connectivity index (χ2n) is 5.69. The van der Waals surface area contributed by atoms with Crippen molar-refractivity contribution in [1.82, 2.24) is 20.1 Å². The van der Waals surface area contributed by atoms with E-state index in [4.69, 9.17) is 0 Å². The molecule has 25 heavy (non-hydrogen) atoms. The molecule has 0 saturated heterocycles. The molecule has 0 aliphatic rings. The zero-order chi connectivity index (χ0) is 17.6. The Morgan fingerprint density at radius 1 is 1.28 bits per heavy atom. The van der Waals surface area contributed by atoms with Crippen LogP contribution in [0.2, 0.25) is 0 Å². The molecular formula is C18H19FN4OS. The molecule has 7 heteroatoms. The van der Waals surface area contributed by atoms with Crippen molar-refractivity contribution in [2.75, 3.05) is 6.54 Å². The van der Waals surface area contributed by atoms with E-state index in [1.807, 2.05) is 12.3 Å². The fourth-order valence-corrected chi connectivity index (χ4v) is 3.25. The summed E-state index contributed by atoms with van der Waals surface area (Å²) < 4.78 is 15.1. The maximum Gasteiger partial charge on any atom is 0.271 e. The van der Waals surface area contributed by atoms with Crippen molar-refractivity contribution in [1.29, 1.82) is 0 Å². The quantitative estimate of drug-likeness (QED) is 0.657. The molecule has 1 N–H and O–H groups in total. The van der Waals surface area contributed by atoms with Crippen LogP contribution in [-0.4, -0.2) is 27.2 Å². The number of hydrogen-bond donors (Lipinski definition) is 1. The van der Waals surface area contributed by atoms with E-state index in [2.05, 4.69) is 15.4 Å². The molecule has 3 aromatic rings. The fourth-order valence-electron chi connectivity index (χ4n) is 2.43. The molecular weight excluding hydrogens is 339 g/mol. The summed E-state index contributed by atoms with van der Waals surface area (Å²) in [5.41, 5.74) is 1.65. The van der Waals surface area contributed by atoms with Crippen LogP contribution in [0.15, 0.2) is 41.9 Å². The maximum atomic E-state index is 13.7. The summed E-state index contributed by atoms with van der Waals surface area (Å²) in [6.07, 6.45) is 4.35. The van der Waals surface area contributed by atoms with Crippen LogP contribution in [0, 0.1) is 12.7 Å². The van der Waals surface area contributed by atoms with Crippen molar-refractivity contribution in [2.24, 2.45) is 0 Å². The van der Waals surface area contributed by atoms with Gasteiger partial charge in [-0.1, -0.05) is 12.1 Å². The molecule has 0 spiro atoms. The van der Waals surface area contributed by atoms with Gasteiger partial charge in [0.05, 0.1) is 5.01 Å². The van der Waals surface area contributed by atoms with Crippen LogP contribution in [-0.2, 0) is 6.42 Å². The summed E-state index contributed by atoms with van der Waals surface area (Å²) in [5.74, 6) is -0.629. The Balaban J connectivity index is 1.46. The predicted octanol–water partition coefficient (Wildman–Crippen LogP) is 3.53. The minimum absolute atomic E-state index is 0.250. The number of rotatable bonds is 7. The van der Waals surface area contributed by atoms with Crippen LogP contribution < -0.4 is 5.32 Å². The molecule has 1 aromatic carbocycles. The van der Waals surface area contributed by atoms with Gasteiger partial charge in [-0.2, -0.15) is 5.10 Å². The number of unbranched alkanes of at least 4 members (excludes halogenated alkanes) is 1. The molecule has 0 fully saturated rings. The first-order valence-electron chi connectivity index (χ1n) is 8.13. The monoisotopic (exact) mass is 358 g/mol. The third kappa shape index (κ3) is 4.51. The van der Waals surface area contributed by atoms with Gasteiger partial charge < -0.3 is 5.32 Å². The predicted molar refractivity (Wildman–Crippen MR) is 95.6 cm³/mol. The summed E-state index contributed by atoms with van der Waals surface area (Å²) in [6.45, 7) is 2.57. The second kappa shape index (κ2) is 8.02. The molecule has 3 rings (SSSR count). The highest BCUT2D eigenvalue weighted by Crippen LogP contribution is 2.13. The average Bonchev–Trinajstić information content (AvgIpc) is 3.24. The van der Waals surface area contributed by atoms with Gasteiger partial charge in [0.15, 0.2) is 5.69 Å².